The molecule has 0 radical (unpaired) electrons. The number of rotatable bonds is 3. The molecule has 0 saturated carbocycles. The molecule has 1 aromatic carbocycles. The zero-order chi connectivity index (χ0) is 13.4. The van der Waals surface area contributed by atoms with Gasteiger partial charge in [0.1, 0.15) is 0 Å². The van der Waals surface area contributed by atoms with Gasteiger partial charge in [0.2, 0.25) is 10.0 Å². The lowest BCUT2D eigenvalue weighted by Gasteiger charge is -2.23. The Morgan fingerprint density at radius 1 is 1.50 bits per heavy atom. The molecule has 0 spiro atoms. The average Bonchev–Trinajstić information content (AvgIpc) is 2.62. The van der Waals surface area contributed by atoms with Crippen molar-refractivity contribution in [2.24, 2.45) is 0 Å². The highest BCUT2D eigenvalue weighted by molar-refractivity contribution is 9.10. The maximum atomic E-state index is 12.3. The van der Waals surface area contributed by atoms with Gasteiger partial charge >= 0.3 is 0 Å². The van der Waals surface area contributed by atoms with E-state index in [1.165, 1.54) is 6.07 Å². The summed E-state index contributed by atoms with van der Waals surface area (Å²) in [6, 6.07) is 4.62. The van der Waals surface area contributed by atoms with Crippen molar-refractivity contribution < 1.29 is 13.2 Å². The lowest BCUT2D eigenvalue weighted by atomic mass is 10.0. The number of nitrogens with two attached hydrogens (primary N) is 1. The van der Waals surface area contributed by atoms with Crippen molar-refractivity contribution in [1.82, 2.24) is 4.72 Å². The molecule has 0 aromatic heterocycles. The van der Waals surface area contributed by atoms with Crippen LogP contribution in [-0.4, -0.2) is 27.2 Å². The Balaban J connectivity index is 2.30. The summed E-state index contributed by atoms with van der Waals surface area (Å²) in [4.78, 5) is 0.185. The number of anilines is 1. The monoisotopic (exact) mass is 334 g/mol. The second-order valence-electron chi connectivity index (χ2n) is 4.66. The largest absolute Gasteiger partial charge is 0.399 e. The zero-order valence-electron chi connectivity index (χ0n) is 9.94. The molecule has 3 N–H and O–H groups in total. The van der Waals surface area contributed by atoms with Gasteiger partial charge < -0.3 is 10.5 Å². The van der Waals surface area contributed by atoms with Crippen LogP contribution in [-0.2, 0) is 14.8 Å². The highest BCUT2D eigenvalue weighted by Gasteiger charge is 2.35. The molecule has 100 valence electrons. The van der Waals surface area contributed by atoms with Crippen LogP contribution in [0, 0.1) is 0 Å². The second kappa shape index (κ2) is 4.80. The Bertz CT molecular complexity index is 553. The van der Waals surface area contributed by atoms with E-state index in [1.54, 1.807) is 12.1 Å². The smallest absolute Gasteiger partial charge is 0.242 e. The second-order valence-corrected chi connectivity index (χ2v) is 7.16. The number of benzene rings is 1. The van der Waals surface area contributed by atoms with Crippen molar-refractivity contribution in [2.45, 2.75) is 23.8 Å². The highest BCUT2D eigenvalue weighted by atomic mass is 79.9. The van der Waals surface area contributed by atoms with Gasteiger partial charge in [-0.1, -0.05) is 0 Å². The van der Waals surface area contributed by atoms with Gasteiger partial charge in [0, 0.05) is 16.8 Å². The topological polar surface area (TPSA) is 81.4 Å². The molecule has 1 aliphatic rings. The van der Waals surface area contributed by atoms with Gasteiger partial charge in [-0.2, -0.15) is 0 Å². The summed E-state index contributed by atoms with van der Waals surface area (Å²) >= 11 is 3.22. The normalized spacial score (nSPS) is 24.3. The first kappa shape index (κ1) is 13.8. The lowest BCUT2D eigenvalue weighted by Crippen LogP contribution is -2.46. The molecule has 1 unspecified atom stereocenters. The molecule has 7 heteroatoms. The number of nitrogen functional groups attached to an aromatic ring is 1. The summed E-state index contributed by atoms with van der Waals surface area (Å²) in [5.41, 5.74) is 5.56. The molecular weight excluding hydrogens is 320 g/mol. The number of ether oxygens (including phenoxy) is 1. The highest BCUT2D eigenvalue weighted by Crippen LogP contribution is 2.27. The molecule has 0 amide bonds. The molecule has 1 saturated heterocycles. The van der Waals surface area contributed by atoms with E-state index in [0.29, 0.717) is 29.8 Å². The molecular formula is C11H15BrN2O3S. The van der Waals surface area contributed by atoms with Crippen molar-refractivity contribution in [3.63, 3.8) is 0 Å². The number of sulfonamides is 1. The van der Waals surface area contributed by atoms with Gasteiger partial charge in [0.05, 0.1) is 17.0 Å². The van der Waals surface area contributed by atoms with Crippen molar-refractivity contribution >= 4 is 31.6 Å². The third-order valence-corrected chi connectivity index (χ3v) is 5.46. The summed E-state index contributed by atoms with van der Waals surface area (Å²) in [5, 5.41) is 0. The van der Waals surface area contributed by atoms with Crippen LogP contribution in [0.3, 0.4) is 0 Å². The van der Waals surface area contributed by atoms with E-state index in [0.717, 1.165) is 0 Å². The molecule has 1 aliphatic heterocycles. The van der Waals surface area contributed by atoms with Crippen LogP contribution >= 0.6 is 15.9 Å². The number of nitrogens with one attached hydrogen (secondary N) is 1. The summed E-state index contributed by atoms with van der Waals surface area (Å²) in [7, 11) is -3.58. The van der Waals surface area contributed by atoms with Crippen molar-refractivity contribution in [1.29, 1.82) is 0 Å². The van der Waals surface area contributed by atoms with Gasteiger partial charge in [-0.25, -0.2) is 13.1 Å². The van der Waals surface area contributed by atoms with Gasteiger partial charge in [-0.05, 0) is 47.5 Å². The van der Waals surface area contributed by atoms with Crippen LogP contribution in [0.15, 0.2) is 27.6 Å². The maximum absolute atomic E-state index is 12.3. The van der Waals surface area contributed by atoms with E-state index in [2.05, 4.69) is 20.7 Å². The van der Waals surface area contributed by atoms with Crippen LogP contribution in [0.4, 0.5) is 5.69 Å². The summed E-state index contributed by atoms with van der Waals surface area (Å²) < 4.78 is 32.9. The molecule has 0 aliphatic carbocycles. The number of hydrogen-bond acceptors (Lipinski definition) is 4. The molecule has 1 fully saturated rings. The Labute approximate surface area is 115 Å². The van der Waals surface area contributed by atoms with E-state index >= 15 is 0 Å². The first-order valence-corrected chi connectivity index (χ1v) is 7.77. The Morgan fingerprint density at radius 3 is 2.78 bits per heavy atom. The van der Waals surface area contributed by atoms with E-state index in [4.69, 9.17) is 10.5 Å². The van der Waals surface area contributed by atoms with Crippen LogP contribution < -0.4 is 10.5 Å². The lowest BCUT2D eigenvalue weighted by molar-refractivity contribution is 0.178. The number of hydrogen-bond donors (Lipinski definition) is 2. The first-order valence-electron chi connectivity index (χ1n) is 5.49. The van der Waals surface area contributed by atoms with E-state index < -0.39 is 15.6 Å². The summed E-state index contributed by atoms with van der Waals surface area (Å²) in [5.74, 6) is 0. The molecule has 1 aromatic rings. The van der Waals surface area contributed by atoms with E-state index in [-0.39, 0.29) is 4.90 Å². The Hall–Kier alpha value is -0.630. The Morgan fingerprint density at radius 2 is 2.22 bits per heavy atom. The zero-order valence-corrected chi connectivity index (χ0v) is 12.3. The van der Waals surface area contributed by atoms with Crippen molar-refractivity contribution in [3.05, 3.63) is 22.7 Å². The maximum Gasteiger partial charge on any atom is 0.242 e. The van der Waals surface area contributed by atoms with Crippen LogP contribution in [0.1, 0.15) is 13.3 Å². The molecule has 1 atom stereocenters. The molecule has 2 rings (SSSR count). The molecule has 0 bridgehead atoms. The molecule has 5 nitrogen and oxygen atoms in total. The SMILES string of the molecule is CC1(NS(=O)(=O)c2ccc(N)cc2Br)CCOC1. The fourth-order valence-corrected chi connectivity index (χ4v) is 4.38. The predicted octanol–water partition coefficient (Wildman–Crippen LogP) is 1.49. The standard InChI is InChI=1S/C11H15BrN2O3S/c1-11(4-5-17-7-11)14-18(15,16)10-3-2-8(13)6-9(10)12/h2-3,6,14H,4-5,7,13H2,1H3. The third kappa shape index (κ3) is 2.85. The van der Waals surface area contributed by atoms with Gasteiger partial charge in [-0.15, -0.1) is 0 Å². The van der Waals surface area contributed by atoms with Crippen LogP contribution in [0.25, 0.3) is 0 Å². The van der Waals surface area contributed by atoms with Crippen LogP contribution in [0.2, 0.25) is 0 Å². The summed E-state index contributed by atoms with van der Waals surface area (Å²) in [6.45, 7) is 2.80. The quantitative estimate of drug-likeness (QED) is 0.820. The predicted molar refractivity (Wildman–Crippen MR) is 72.7 cm³/mol. The summed E-state index contributed by atoms with van der Waals surface area (Å²) in [6.07, 6.45) is 0.665. The Kier molecular flexibility index (Phi) is 3.68. The van der Waals surface area contributed by atoms with Gasteiger partial charge in [0.25, 0.3) is 0 Å². The van der Waals surface area contributed by atoms with Crippen molar-refractivity contribution in [2.75, 3.05) is 18.9 Å². The fourth-order valence-electron chi connectivity index (χ4n) is 1.86. The average molecular weight is 335 g/mol. The van der Waals surface area contributed by atoms with E-state index in [9.17, 15) is 8.42 Å². The van der Waals surface area contributed by atoms with E-state index in [1.807, 2.05) is 6.92 Å². The minimum absolute atomic E-state index is 0.185. The van der Waals surface area contributed by atoms with Crippen LogP contribution in [0.5, 0.6) is 0 Å². The first-order chi connectivity index (χ1) is 8.32. The molecule has 18 heavy (non-hydrogen) atoms. The molecule has 1 heterocycles. The van der Waals surface area contributed by atoms with Gasteiger partial charge in [0.15, 0.2) is 0 Å². The number of halogens is 1. The minimum atomic E-state index is -3.58. The van der Waals surface area contributed by atoms with Crippen molar-refractivity contribution in [3.8, 4) is 0 Å². The van der Waals surface area contributed by atoms with Gasteiger partial charge in [-0.3, -0.25) is 0 Å². The minimum Gasteiger partial charge on any atom is -0.399 e. The third-order valence-electron chi connectivity index (χ3n) is 2.85. The fraction of sp³-hybridized carbons (Fsp3) is 0.455.